The zero-order valence-electron chi connectivity index (χ0n) is 9.56. The molecule has 0 radical (unpaired) electrons. The Hall–Kier alpha value is -0.900. The Morgan fingerprint density at radius 3 is 2.81 bits per heavy atom. The van der Waals surface area contributed by atoms with E-state index in [-0.39, 0.29) is 6.29 Å². The minimum absolute atomic E-state index is 0.222. The van der Waals surface area contributed by atoms with Crippen LogP contribution in [-0.4, -0.2) is 30.7 Å². The molecule has 1 aliphatic heterocycles. The van der Waals surface area contributed by atoms with Crippen LogP contribution in [0.25, 0.3) is 0 Å². The fraction of sp³-hybridized carbons (Fsp3) is 0.538. The highest BCUT2D eigenvalue weighted by molar-refractivity contribution is 5.22. The number of hydrogen-bond donors (Lipinski definition) is 1. The molecule has 1 aromatic carbocycles. The van der Waals surface area contributed by atoms with Gasteiger partial charge >= 0.3 is 0 Å². The summed E-state index contributed by atoms with van der Waals surface area (Å²) in [5.74, 6) is 0. The maximum absolute atomic E-state index is 9.89. The van der Waals surface area contributed by atoms with Crippen molar-refractivity contribution in [2.75, 3.05) is 13.2 Å². The van der Waals surface area contributed by atoms with E-state index in [0.717, 1.165) is 5.56 Å². The minimum Gasteiger partial charge on any atom is -0.393 e. The first-order chi connectivity index (χ1) is 7.74. The molecule has 1 aromatic rings. The van der Waals surface area contributed by atoms with E-state index in [0.29, 0.717) is 26.1 Å². The first kappa shape index (κ1) is 11.6. The van der Waals surface area contributed by atoms with Crippen LogP contribution in [-0.2, 0) is 15.9 Å². The zero-order valence-corrected chi connectivity index (χ0v) is 9.56. The molecular weight excluding hydrogens is 204 g/mol. The molecule has 0 aromatic heterocycles. The van der Waals surface area contributed by atoms with Gasteiger partial charge in [-0.1, -0.05) is 29.8 Å². The molecule has 0 saturated carbocycles. The van der Waals surface area contributed by atoms with Gasteiger partial charge in [-0.2, -0.15) is 0 Å². The minimum atomic E-state index is -0.398. The third-order valence-electron chi connectivity index (χ3n) is 2.71. The van der Waals surface area contributed by atoms with E-state index >= 15 is 0 Å². The van der Waals surface area contributed by atoms with Crippen LogP contribution in [0.2, 0.25) is 0 Å². The van der Waals surface area contributed by atoms with Crippen LogP contribution in [0.3, 0.4) is 0 Å². The van der Waals surface area contributed by atoms with Gasteiger partial charge in [-0.05, 0) is 18.9 Å². The number of aliphatic hydroxyl groups is 1. The van der Waals surface area contributed by atoms with E-state index in [9.17, 15) is 5.11 Å². The highest BCUT2D eigenvalue weighted by Crippen LogP contribution is 2.14. The van der Waals surface area contributed by atoms with Crippen molar-refractivity contribution in [1.82, 2.24) is 0 Å². The summed E-state index contributed by atoms with van der Waals surface area (Å²) >= 11 is 0. The number of aryl methyl sites for hydroxylation is 1. The van der Waals surface area contributed by atoms with Crippen molar-refractivity contribution in [3.63, 3.8) is 0 Å². The van der Waals surface area contributed by atoms with Crippen LogP contribution < -0.4 is 0 Å². The van der Waals surface area contributed by atoms with Crippen molar-refractivity contribution in [2.24, 2.45) is 0 Å². The highest BCUT2D eigenvalue weighted by atomic mass is 16.7. The van der Waals surface area contributed by atoms with E-state index in [4.69, 9.17) is 9.47 Å². The second-order valence-electron chi connectivity index (χ2n) is 4.25. The molecule has 0 aliphatic carbocycles. The predicted octanol–water partition coefficient (Wildman–Crippen LogP) is 1.66. The Kier molecular flexibility index (Phi) is 3.93. The first-order valence-corrected chi connectivity index (χ1v) is 5.71. The van der Waals surface area contributed by atoms with E-state index < -0.39 is 6.10 Å². The summed E-state index contributed by atoms with van der Waals surface area (Å²) in [6, 6.07) is 8.20. The van der Waals surface area contributed by atoms with E-state index in [2.05, 4.69) is 19.1 Å². The molecule has 3 nitrogen and oxygen atoms in total. The Bertz CT molecular complexity index is 332. The summed E-state index contributed by atoms with van der Waals surface area (Å²) in [5, 5.41) is 9.89. The molecule has 1 unspecified atom stereocenters. The lowest BCUT2D eigenvalue weighted by molar-refractivity contribution is -0.0698. The molecule has 16 heavy (non-hydrogen) atoms. The summed E-state index contributed by atoms with van der Waals surface area (Å²) in [5.41, 5.74) is 2.38. The number of aliphatic hydroxyl groups excluding tert-OH is 1. The average molecular weight is 222 g/mol. The maximum atomic E-state index is 9.89. The van der Waals surface area contributed by atoms with Crippen LogP contribution in [0.5, 0.6) is 0 Å². The Balaban J connectivity index is 1.84. The van der Waals surface area contributed by atoms with Crippen LogP contribution in [0.4, 0.5) is 0 Å². The summed E-state index contributed by atoms with van der Waals surface area (Å²) in [4.78, 5) is 0. The maximum Gasteiger partial charge on any atom is 0.160 e. The molecule has 1 N–H and O–H groups in total. The molecule has 1 atom stereocenters. The van der Waals surface area contributed by atoms with Gasteiger partial charge in [-0.15, -0.1) is 0 Å². The summed E-state index contributed by atoms with van der Waals surface area (Å²) in [6.45, 7) is 3.34. The van der Waals surface area contributed by atoms with Gasteiger partial charge in [0.2, 0.25) is 0 Å². The van der Waals surface area contributed by atoms with E-state index in [1.54, 1.807) is 0 Å². The summed E-state index contributed by atoms with van der Waals surface area (Å²) < 4.78 is 10.6. The molecule has 0 bridgehead atoms. The van der Waals surface area contributed by atoms with Crippen molar-refractivity contribution in [2.45, 2.75) is 32.2 Å². The van der Waals surface area contributed by atoms with Crippen LogP contribution in [0, 0.1) is 6.92 Å². The van der Waals surface area contributed by atoms with Crippen LogP contribution in [0.1, 0.15) is 17.5 Å². The highest BCUT2D eigenvalue weighted by Gasteiger charge is 2.20. The van der Waals surface area contributed by atoms with Crippen molar-refractivity contribution in [3.8, 4) is 0 Å². The van der Waals surface area contributed by atoms with Gasteiger partial charge in [-0.3, -0.25) is 0 Å². The lowest BCUT2D eigenvalue weighted by Gasteiger charge is -2.14. The van der Waals surface area contributed by atoms with Crippen LogP contribution >= 0.6 is 0 Å². The third-order valence-corrected chi connectivity index (χ3v) is 2.71. The largest absolute Gasteiger partial charge is 0.393 e. The molecule has 1 fully saturated rings. The topological polar surface area (TPSA) is 38.7 Å². The van der Waals surface area contributed by atoms with Gasteiger partial charge < -0.3 is 14.6 Å². The lowest BCUT2D eigenvalue weighted by Crippen LogP contribution is -2.20. The monoisotopic (exact) mass is 222 g/mol. The van der Waals surface area contributed by atoms with Gasteiger partial charge in [0.25, 0.3) is 0 Å². The van der Waals surface area contributed by atoms with E-state index in [1.807, 2.05) is 12.1 Å². The quantitative estimate of drug-likeness (QED) is 0.842. The molecule has 3 heteroatoms. The van der Waals surface area contributed by atoms with Crippen molar-refractivity contribution in [1.29, 1.82) is 0 Å². The molecule has 1 saturated heterocycles. The molecular formula is C13H18O3. The second kappa shape index (κ2) is 5.43. The number of rotatable bonds is 4. The zero-order chi connectivity index (χ0) is 11.4. The summed E-state index contributed by atoms with van der Waals surface area (Å²) in [7, 11) is 0. The van der Waals surface area contributed by atoms with E-state index in [1.165, 1.54) is 5.56 Å². The van der Waals surface area contributed by atoms with Crippen molar-refractivity contribution >= 4 is 0 Å². The Morgan fingerprint density at radius 2 is 2.12 bits per heavy atom. The number of ether oxygens (including phenoxy) is 2. The van der Waals surface area contributed by atoms with Gasteiger partial charge in [0.15, 0.2) is 6.29 Å². The predicted molar refractivity (Wildman–Crippen MR) is 61.2 cm³/mol. The van der Waals surface area contributed by atoms with Gasteiger partial charge in [0.05, 0.1) is 19.3 Å². The van der Waals surface area contributed by atoms with Crippen molar-refractivity contribution in [3.05, 3.63) is 35.4 Å². The number of benzene rings is 1. The van der Waals surface area contributed by atoms with Gasteiger partial charge in [0, 0.05) is 6.42 Å². The molecule has 2 rings (SSSR count). The summed E-state index contributed by atoms with van der Waals surface area (Å²) in [6.07, 6.45) is 0.587. The first-order valence-electron chi connectivity index (χ1n) is 5.71. The SMILES string of the molecule is Cc1cccc(CC(O)CC2OCCO2)c1. The fourth-order valence-corrected chi connectivity index (χ4v) is 1.96. The smallest absolute Gasteiger partial charge is 0.160 e. The fourth-order valence-electron chi connectivity index (χ4n) is 1.96. The average Bonchev–Trinajstić information content (AvgIpc) is 2.70. The Labute approximate surface area is 96.0 Å². The van der Waals surface area contributed by atoms with Gasteiger partial charge in [0.1, 0.15) is 0 Å². The molecule has 88 valence electrons. The third kappa shape index (κ3) is 3.30. The van der Waals surface area contributed by atoms with Gasteiger partial charge in [-0.25, -0.2) is 0 Å². The molecule has 1 heterocycles. The normalized spacial score (nSPS) is 18.9. The van der Waals surface area contributed by atoms with Crippen molar-refractivity contribution < 1.29 is 14.6 Å². The van der Waals surface area contributed by atoms with Crippen LogP contribution in [0.15, 0.2) is 24.3 Å². The Morgan fingerprint density at radius 1 is 1.38 bits per heavy atom. The second-order valence-corrected chi connectivity index (χ2v) is 4.25. The standard InChI is InChI=1S/C13H18O3/c1-10-3-2-4-11(7-10)8-12(14)9-13-15-5-6-16-13/h2-4,7,12-14H,5-6,8-9H2,1H3. The lowest BCUT2D eigenvalue weighted by atomic mass is 10.0. The molecule has 1 aliphatic rings. The number of hydrogen-bond acceptors (Lipinski definition) is 3. The molecule has 0 amide bonds. The molecule has 0 spiro atoms.